The van der Waals surface area contributed by atoms with E-state index in [0.29, 0.717) is 10.8 Å². The minimum absolute atomic E-state index is 0.00729. The van der Waals surface area contributed by atoms with Crippen molar-refractivity contribution >= 4 is 39.5 Å². The van der Waals surface area contributed by atoms with Gasteiger partial charge < -0.3 is 4.74 Å². The van der Waals surface area contributed by atoms with E-state index in [0.717, 1.165) is 20.5 Å². The van der Waals surface area contributed by atoms with E-state index < -0.39 is 0 Å². The van der Waals surface area contributed by atoms with Gasteiger partial charge in [-0.05, 0) is 31.2 Å². The monoisotopic (exact) mass is 316 g/mol. The van der Waals surface area contributed by atoms with Gasteiger partial charge in [-0.25, -0.2) is 0 Å². The largest absolute Gasteiger partial charge is 0.485 e. The lowest BCUT2D eigenvalue weighted by Crippen LogP contribution is -2.10. The van der Waals surface area contributed by atoms with Crippen LogP contribution in [0.2, 0.25) is 5.02 Å². The third-order valence-electron chi connectivity index (χ3n) is 3.20. The van der Waals surface area contributed by atoms with Crippen LogP contribution in [0.3, 0.4) is 0 Å². The minimum atomic E-state index is -0.00729. The number of benzene rings is 2. The van der Waals surface area contributed by atoms with Crippen LogP contribution in [0.4, 0.5) is 0 Å². The summed E-state index contributed by atoms with van der Waals surface area (Å²) in [6.45, 7) is 2.01. The number of halogens is 1. The standard InChI is InChI=1S/C17H13ClO2S/c1-11-6-9-17(21-11)15(19)10-20-16-8-7-14(18)12-4-2-3-5-13(12)16/h2-9H,10H2,1H3. The summed E-state index contributed by atoms with van der Waals surface area (Å²) < 4.78 is 5.70. The van der Waals surface area contributed by atoms with Crippen molar-refractivity contribution in [2.45, 2.75) is 6.92 Å². The van der Waals surface area contributed by atoms with Crippen LogP contribution in [0.5, 0.6) is 5.75 Å². The Morgan fingerprint density at radius 1 is 1.10 bits per heavy atom. The van der Waals surface area contributed by atoms with E-state index in [-0.39, 0.29) is 12.4 Å². The van der Waals surface area contributed by atoms with Crippen LogP contribution >= 0.6 is 22.9 Å². The van der Waals surface area contributed by atoms with Crippen molar-refractivity contribution in [3.8, 4) is 5.75 Å². The molecule has 2 aromatic carbocycles. The average Bonchev–Trinajstić information content (AvgIpc) is 2.93. The maximum absolute atomic E-state index is 12.1. The molecule has 21 heavy (non-hydrogen) atoms. The second kappa shape index (κ2) is 5.88. The molecule has 0 radical (unpaired) electrons. The SMILES string of the molecule is Cc1ccc(C(=O)COc2ccc(Cl)c3ccccc23)s1. The first-order chi connectivity index (χ1) is 10.1. The molecule has 0 fully saturated rings. The highest BCUT2D eigenvalue weighted by atomic mass is 35.5. The number of hydrogen-bond donors (Lipinski definition) is 0. The number of ketones is 1. The molecule has 0 spiro atoms. The van der Waals surface area contributed by atoms with Gasteiger partial charge in [-0.3, -0.25) is 4.79 Å². The van der Waals surface area contributed by atoms with Gasteiger partial charge in [0.15, 0.2) is 6.61 Å². The Morgan fingerprint density at radius 2 is 1.86 bits per heavy atom. The van der Waals surface area contributed by atoms with E-state index in [2.05, 4.69) is 0 Å². The molecule has 0 atom stereocenters. The lowest BCUT2D eigenvalue weighted by atomic mass is 10.1. The number of carbonyl (C=O) groups is 1. The Morgan fingerprint density at radius 3 is 2.57 bits per heavy atom. The summed E-state index contributed by atoms with van der Waals surface area (Å²) >= 11 is 7.66. The molecule has 0 N–H and O–H groups in total. The summed E-state index contributed by atoms with van der Waals surface area (Å²) in [6, 6.07) is 15.1. The minimum Gasteiger partial charge on any atom is -0.485 e. The van der Waals surface area contributed by atoms with Gasteiger partial charge in [0.1, 0.15) is 5.75 Å². The van der Waals surface area contributed by atoms with Gasteiger partial charge in [-0.1, -0.05) is 35.9 Å². The summed E-state index contributed by atoms with van der Waals surface area (Å²) in [5.74, 6) is 0.670. The van der Waals surface area contributed by atoms with Gasteiger partial charge >= 0.3 is 0 Å². The van der Waals surface area contributed by atoms with E-state index in [9.17, 15) is 4.79 Å². The van der Waals surface area contributed by atoms with E-state index in [4.69, 9.17) is 16.3 Å². The second-order valence-electron chi connectivity index (χ2n) is 4.71. The molecule has 0 unspecified atom stereocenters. The molecule has 0 saturated heterocycles. The molecule has 3 aromatic rings. The predicted octanol–water partition coefficient (Wildman–Crippen LogP) is 5.12. The average molecular weight is 317 g/mol. The quantitative estimate of drug-likeness (QED) is 0.624. The molecule has 1 aromatic heterocycles. The number of carbonyl (C=O) groups excluding carboxylic acids is 1. The molecule has 0 amide bonds. The van der Waals surface area contributed by atoms with Gasteiger partial charge in [-0.2, -0.15) is 0 Å². The summed E-state index contributed by atoms with van der Waals surface area (Å²) in [4.78, 5) is 13.9. The zero-order valence-corrected chi connectivity index (χ0v) is 13.0. The highest BCUT2D eigenvalue weighted by Gasteiger charge is 2.11. The topological polar surface area (TPSA) is 26.3 Å². The normalized spacial score (nSPS) is 10.8. The highest BCUT2D eigenvalue weighted by Crippen LogP contribution is 2.31. The molecule has 106 valence electrons. The molecule has 0 bridgehead atoms. The van der Waals surface area contributed by atoms with Crippen LogP contribution in [0.1, 0.15) is 14.5 Å². The number of rotatable bonds is 4. The Balaban J connectivity index is 1.83. The predicted molar refractivity (Wildman–Crippen MR) is 87.8 cm³/mol. The molecule has 3 rings (SSSR count). The molecule has 0 aliphatic carbocycles. The lowest BCUT2D eigenvalue weighted by molar-refractivity contribution is 0.0927. The summed E-state index contributed by atoms with van der Waals surface area (Å²) in [6.07, 6.45) is 0. The van der Waals surface area contributed by atoms with Crippen LogP contribution < -0.4 is 4.74 Å². The van der Waals surface area contributed by atoms with Crippen LogP contribution in [0.15, 0.2) is 48.5 Å². The van der Waals surface area contributed by atoms with Crippen molar-refractivity contribution in [2.24, 2.45) is 0 Å². The highest BCUT2D eigenvalue weighted by molar-refractivity contribution is 7.14. The first kappa shape index (κ1) is 14.1. The number of ether oxygens (including phenoxy) is 1. The van der Waals surface area contributed by atoms with Gasteiger partial charge in [0.25, 0.3) is 0 Å². The molecule has 1 heterocycles. The van der Waals surface area contributed by atoms with Crippen LogP contribution in [0, 0.1) is 6.92 Å². The fourth-order valence-corrected chi connectivity index (χ4v) is 3.18. The van der Waals surface area contributed by atoms with Crippen molar-refractivity contribution < 1.29 is 9.53 Å². The Kier molecular flexibility index (Phi) is 3.95. The maximum atomic E-state index is 12.1. The first-order valence-electron chi connectivity index (χ1n) is 6.55. The number of thiophene rings is 1. The fourth-order valence-electron chi connectivity index (χ4n) is 2.16. The van der Waals surface area contributed by atoms with Gasteiger partial charge in [-0.15, -0.1) is 11.3 Å². The molecular weight excluding hydrogens is 304 g/mol. The van der Waals surface area contributed by atoms with E-state index in [1.54, 1.807) is 12.1 Å². The number of aryl methyl sites for hydroxylation is 1. The first-order valence-corrected chi connectivity index (χ1v) is 7.74. The molecule has 2 nitrogen and oxygen atoms in total. The van der Waals surface area contributed by atoms with E-state index in [1.807, 2.05) is 43.3 Å². The second-order valence-corrected chi connectivity index (χ2v) is 6.41. The molecule has 0 aliphatic rings. The third-order valence-corrected chi connectivity index (χ3v) is 4.58. The van der Waals surface area contributed by atoms with Gasteiger partial charge in [0.05, 0.1) is 4.88 Å². The van der Waals surface area contributed by atoms with Crippen molar-refractivity contribution in [3.05, 3.63) is 63.3 Å². The Hall–Kier alpha value is -1.84. The Bertz CT molecular complexity index is 807. The van der Waals surface area contributed by atoms with Crippen LogP contribution in [0.25, 0.3) is 10.8 Å². The van der Waals surface area contributed by atoms with Crippen molar-refractivity contribution in [3.63, 3.8) is 0 Å². The molecule has 0 aliphatic heterocycles. The third kappa shape index (κ3) is 2.94. The summed E-state index contributed by atoms with van der Waals surface area (Å²) in [7, 11) is 0. The lowest BCUT2D eigenvalue weighted by Gasteiger charge is -2.09. The van der Waals surface area contributed by atoms with E-state index >= 15 is 0 Å². The molecule has 0 saturated carbocycles. The Labute approximate surface area is 131 Å². The fraction of sp³-hybridized carbons (Fsp3) is 0.118. The van der Waals surface area contributed by atoms with Crippen LogP contribution in [-0.2, 0) is 0 Å². The number of hydrogen-bond acceptors (Lipinski definition) is 3. The van der Waals surface area contributed by atoms with Crippen LogP contribution in [-0.4, -0.2) is 12.4 Å². The zero-order valence-electron chi connectivity index (χ0n) is 11.4. The maximum Gasteiger partial charge on any atom is 0.210 e. The summed E-state index contributed by atoms with van der Waals surface area (Å²) in [5.41, 5.74) is 0. The number of fused-ring (bicyclic) bond motifs is 1. The zero-order chi connectivity index (χ0) is 14.8. The molecule has 4 heteroatoms. The summed E-state index contributed by atoms with van der Waals surface area (Å²) in [5, 5.41) is 2.52. The van der Waals surface area contributed by atoms with Gasteiger partial charge in [0, 0.05) is 20.7 Å². The molecular formula is C17H13ClO2S. The number of Topliss-reactive ketones (excluding diaryl/α,β-unsaturated/α-hetero) is 1. The van der Waals surface area contributed by atoms with Gasteiger partial charge in [0.2, 0.25) is 5.78 Å². The smallest absolute Gasteiger partial charge is 0.210 e. The van der Waals surface area contributed by atoms with Crippen molar-refractivity contribution in [1.82, 2.24) is 0 Å². The van der Waals surface area contributed by atoms with E-state index in [1.165, 1.54) is 11.3 Å². The van der Waals surface area contributed by atoms with Crippen molar-refractivity contribution in [2.75, 3.05) is 6.61 Å². The van der Waals surface area contributed by atoms with Crippen molar-refractivity contribution in [1.29, 1.82) is 0 Å².